The first kappa shape index (κ1) is 39.2. The van der Waals surface area contributed by atoms with Gasteiger partial charge in [0.1, 0.15) is 62.0 Å². The maximum absolute atomic E-state index is 12.7. The third kappa shape index (κ3) is 13.4. The molecular formula is C30H53NO14. The van der Waals surface area contributed by atoms with Gasteiger partial charge < -0.3 is 59.6 Å². The fourth-order valence-corrected chi connectivity index (χ4v) is 5.37. The molecule has 0 saturated carbocycles. The molecule has 0 unspecified atom stereocenters. The molecule has 262 valence electrons. The number of aliphatic hydroxyl groups excluding tert-OH is 6. The second-order valence-electron chi connectivity index (χ2n) is 11.8. The van der Waals surface area contributed by atoms with Gasteiger partial charge >= 0.3 is 11.9 Å². The molecule has 2 aliphatic heterocycles. The second-order valence-corrected chi connectivity index (χ2v) is 11.8. The summed E-state index contributed by atoms with van der Waals surface area (Å²) in [6, 6.07) is -1.47. The van der Waals surface area contributed by atoms with Gasteiger partial charge in [-0.1, -0.05) is 64.7 Å². The van der Waals surface area contributed by atoms with Gasteiger partial charge in [-0.25, -0.2) is 0 Å². The number of carbonyl (C=O) groups is 3. The van der Waals surface area contributed by atoms with E-state index in [1.54, 1.807) is 0 Å². The summed E-state index contributed by atoms with van der Waals surface area (Å²) in [7, 11) is 0. The van der Waals surface area contributed by atoms with Crippen molar-refractivity contribution in [2.75, 3.05) is 13.2 Å². The van der Waals surface area contributed by atoms with Crippen molar-refractivity contribution in [3.8, 4) is 0 Å². The van der Waals surface area contributed by atoms with Crippen molar-refractivity contribution in [2.45, 2.75) is 159 Å². The third-order valence-electron chi connectivity index (χ3n) is 7.94. The average Bonchev–Trinajstić information content (AvgIpc) is 2.98. The maximum Gasteiger partial charge on any atom is 0.302 e. The Kier molecular flexibility index (Phi) is 17.7. The lowest BCUT2D eigenvalue weighted by atomic mass is 9.95. The van der Waals surface area contributed by atoms with E-state index in [1.807, 2.05) is 0 Å². The maximum atomic E-state index is 12.7. The van der Waals surface area contributed by atoms with E-state index < -0.39 is 98.5 Å². The van der Waals surface area contributed by atoms with Crippen LogP contribution in [0.4, 0.5) is 0 Å². The fraction of sp³-hybridized carbons (Fsp3) is 0.900. The van der Waals surface area contributed by atoms with E-state index in [1.165, 1.54) is 32.1 Å². The van der Waals surface area contributed by atoms with Crippen molar-refractivity contribution in [3.63, 3.8) is 0 Å². The first-order chi connectivity index (χ1) is 21.3. The summed E-state index contributed by atoms with van der Waals surface area (Å²) >= 11 is 0. The minimum absolute atomic E-state index is 0.290. The van der Waals surface area contributed by atoms with Crippen molar-refractivity contribution < 1.29 is 68.7 Å². The van der Waals surface area contributed by atoms with Gasteiger partial charge in [0.05, 0.1) is 12.5 Å². The van der Waals surface area contributed by atoms with Crippen LogP contribution in [0, 0.1) is 0 Å². The predicted octanol–water partition coefficient (Wildman–Crippen LogP) is -0.460. The number of amides is 1. The Hall–Kier alpha value is -1.95. The van der Waals surface area contributed by atoms with Crippen LogP contribution in [0.25, 0.3) is 0 Å². The van der Waals surface area contributed by atoms with Gasteiger partial charge in [-0.2, -0.15) is 0 Å². The van der Waals surface area contributed by atoms with E-state index in [2.05, 4.69) is 12.2 Å². The monoisotopic (exact) mass is 651 g/mol. The largest absolute Gasteiger partial charge is 0.463 e. The number of rotatable bonds is 19. The summed E-state index contributed by atoms with van der Waals surface area (Å²) in [4.78, 5) is 35.4. The van der Waals surface area contributed by atoms with Gasteiger partial charge in [0.2, 0.25) is 5.91 Å². The normalized spacial score (nSPS) is 32.5. The first-order valence-corrected chi connectivity index (χ1v) is 16.0. The molecule has 45 heavy (non-hydrogen) atoms. The Bertz CT molecular complexity index is 893. The van der Waals surface area contributed by atoms with E-state index in [9.17, 15) is 45.0 Å². The summed E-state index contributed by atoms with van der Waals surface area (Å²) in [6.45, 7) is 3.44. The predicted molar refractivity (Wildman–Crippen MR) is 156 cm³/mol. The van der Waals surface area contributed by atoms with E-state index >= 15 is 0 Å². The molecule has 0 bridgehead atoms. The lowest BCUT2D eigenvalue weighted by Crippen LogP contribution is -2.67. The van der Waals surface area contributed by atoms with Crippen molar-refractivity contribution in [2.24, 2.45) is 0 Å². The van der Waals surface area contributed by atoms with Gasteiger partial charge in [-0.3, -0.25) is 14.4 Å². The Balaban J connectivity index is 1.98. The minimum Gasteiger partial charge on any atom is -0.463 e. The van der Waals surface area contributed by atoms with Crippen molar-refractivity contribution in [1.82, 2.24) is 5.32 Å². The van der Waals surface area contributed by atoms with Crippen LogP contribution in [-0.4, -0.2) is 129 Å². The molecule has 2 heterocycles. The molecule has 0 aromatic carbocycles. The van der Waals surface area contributed by atoms with Crippen LogP contribution in [0.1, 0.15) is 91.4 Å². The summed E-state index contributed by atoms with van der Waals surface area (Å²) in [5, 5.41) is 65.7. The third-order valence-corrected chi connectivity index (χ3v) is 7.94. The lowest BCUT2D eigenvalue weighted by molar-refractivity contribution is -0.345. The number of carbonyl (C=O) groups excluding carboxylic acids is 3. The number of aliphatic hydroxyl groups is 6. The Morgan fingerprint density at radius 3 is 1.87 bits per heavy atom. The van der Waals surface area contributed by atoms with Gasteiger partial charge in [0.15, 0.2) is 12.6 Å². The molecule has 15 nitrogen and oxygen atoms in total. The highest BCUT2D eigenvalue weighted by Crippen LogP contribution is 2.29. The van der Waals surface area contributed by atoms with Crippen LogP contribution in [0.3, 0.4) is 0 Å². The van der Waals surface area contributed by atoms with Crippen LogP contribution in [-0.2, 0) is 38.1 Å². The SMILES string of the molecule is CCCCCCCCCCC[C@@H](O)CC(=O)N[C@@H]1[C@@H](O)[C@H](O[C@@H]2O[C@H](COC(C)=O)[C@@H](O)[C@H](O)[C@@H]2O)[C@@H](COC(C)=O)O[C@H]1O. The van der Waals surface area contributed by atoms with Crippen LogP contribution in [0.2, 0.25) is 0 Å². The molecule has 2 fully saturated rings. The molecular weight excluding hydrogens is 598 g/mol. The van der Waals surface area contributed by atoms with Crippen LogP contribution in [0.15, 0.2) is 0 Å². The molecule has 2 saturated heterocycles. The van der Waals surface area contributed by atoms with Gasteiger partial charge in [0.25, 0.3) is 0 Å². The number of unbranched alkanes of at least 4 members (excludes halogenated alkanes) is 8. The zero-order chi connectivity index (χ0) is 33.5. The Morgan fingerprint density at radius 2 is 1.29 bits per heavy atom. The number of hydrogen-bond donors (Lipinski definition) is 7. The molecule has 11 atom stereocenters. The molecule has 0 radical (unpaired) electrons. The van der Waals surface area contributed by atoms with Crippen LogP contribution >= 0.6 is 0 Å². The van der Waals surface area contributed by atoms with E-state index in [4.69, 9.17) is 23.7 Å². The summed E-state index contributed by atoms with van der Waals surface area (Å²) < 4.78 is 26.6. The minimum atomic E-state index is -1.84. The number of esters is 2. The summed E-state index contributed by atoms with van der Waals surface area (Å²) in [6.07, 6.45) is -5.48. The van der Waals surface area contributed by atoms with Crippen molar-refractivity contribution >= 4 is 17.8 Å². The van der Waals surface area contributed by atoms with Crippen LogP contribution < -0.4 is 5.32 Å². The van der Waals surface area contributed by atoms with Crippen molar-refractivity contribution in [3.05, 3.63) is 0 Å². The number of nitrogens with one attached hydrogen (secondary N) is 1. The van der Waals surface area contributed by atoms with Gasteiger partial charge in [-0.15, -0.1) is 0 Å². The Labute approximate surface area is 264 Å². The highest BCUT2D eigenvalue weighted by molar-refractivity contribution is 5.76. The molecule has 1 amide bonds. The van der Waals surface area contributed by atoms with Gasteiger partial charge in [0, 0.05) is 13.8 Å². The van der Waals surface area contributed by atoms with Crippen LogP contribution in [0.5, 0.6) is 0 Å². The summed E-state index contributed by atoms with van der Waals surface area (Å²) in [5.41, 5.74) is 0. The average molecular weight is 652 g/mol. The van der Waals surface area contributed by atoms with E-state index in [-0.39, 0.29) is 6.42 Å². The molecule has 0 aromatic rings. The van der Waals surface area contributed by atoms with E-state index in [0.29, 0.717) is 6.42 Å². The first-order valence-electron chi connectivity index (χ1n) is 16.0. The van der Waals surface area contributed by atoms with Crippen molar-refractivity contribution in [1.29, 1.82) is 0 Å². The molecule has 2 rings (SSSR count). The lowest BCUT2D eigenvalue weighted by Gasteiger charge is -2.46. The fourth-order valence-electron chi connectivity index (χ4n) is 5.37. The summed E-state index contributed by atoms with van der Waals surface area (Å²) in [5.74, 6) is -2.06. The molecule has 0 spiro atoms. The zero-order valence-corrected chi connectivity index (χ0v) is 26.5. The smallest absolute Gasteiger partial charge is 0.302 e. The Morgan fingerprint density at radius 1 is 0.733 bits per heavy atom. The molecule has 7 N–H and O–H groups in total. The molecule has 15 heteroatoms. The topological polar surface area (TPSA) is 231 Å². The number of ether oxygens (including phenoxy) is 5. The van der Waals surface area contributed by atoms with Gasteiger partial charge in [-0.05, 0) is 6.42 Å². The quantitative estimate of drug-likeness (QED) is 0.0692. The number of hydrogen-bond acceptors (Lipinski definition) is 14. The highest BCUT2D eigenvalue weighted by Gasteiger charge is 2.51. The molecule has 2 aliphatic rings. The molecule has 0 aliphatic carbocycles. The standard InChI is InChI=1S/C30H53NO14/c1-4-5-6-7-8-9-10-11-12-13-19(34)14-22(35)31-23-25(37)28(21(43-29(23)40)16-42-18(3)33)45-30-27(39)26(38)24(36)20(44-30)15-41-17(2)32/h19-21,23-30,34,36-40H,4-16H2,1-3H3,(H,31,35)/t19-,20-,21-,23-,24-,25-,26+,27+,28-,29-,30+/m1/s1. The second kappa shape index (κ2) is 20.3. The zero-order valence-electron chi connectivity index (χ0n) is 26.5. The molecule has 0 aromatic heterocycles. The van der Waals surface area contributed by atoms with E-state index in [0.717, 1.165) is 39.5 Å². The highest BCUT2D eigenvalue weighted by atomic mass is 16.7.